The standard InChI is InChI=1S/C17H22O3/c1-16(2)4-3-5-17-9-20-14(8-15(16)17)10-6-12(18)13(19)7-11(10)17/h6-7,14-15,18-19H,3-5,8-9H2,1-2H3/t14-,15-,17-/m0/s1. The van der Waals surface area contributed by atoms with Crippen LogP contribution in [0.1, 0.15) is 56.8 Å². The van der Waals surface area contributed by atoms with Crippen LogP contribution in [-0.4, -0.2) is 16.8 Å². The maximum atomic E-state index is 9.93. The van der Waals surface area contributed by atoms with E-state index in [1.807, 2.05) is 0 Å². The summed E-state index contributed by atoms with van der Waals surface area (Å²) in [5.41, 5.74) is 2.69. The van der Waals surface area contributed by atoms with Gasteiger partial charge in [0.1, 0.15) is 0 Å². The van der Waals surface area contributed by atoms with Gasteiger partial charge in [0.2, 0.25) is 0 Å². The lowest BCUT2D eigenvalue weighted by Gasteiger charge is -2.60. The summed E-state index contributed by atoms with van der Waals surface area (Å²) >= 11 is 0. The Morgan fingerprint density at radius 1 is 1.15 bits per heavy atom. The molecule has 1 saturated heterocycles. The summed E-state index contributed by atoms with van der Waals surface area (Å²) in [6.45, 7) is 5.52. The van der Waals surface area contributed by atoms with Gasteiger partial charge in [-0.1, -0.05) is 20.3 Å². The Hall–Kier alpha value is -1.22. The van der Waals surface area contributed by atoms with Crippen molar-refractivity contribution < 1.29 is 14.9 Å². The van der Waals surface area contributed by atoms with Gasteiger partial charge in [0.25, 0.3) is 0 Å². The van der Waals surface area contributed by atoms with Crippen LogP contribution in [0.3, 0.4) is 0 Å². The SMILES string of the molecule is CC1(C)CCC[C@@]23CO[C@@H](C[C@@H]12)c1cc(O)c(O)cc13. The molecule has 1 spiro atoms. The largest absolute Gasteiger partial charge is 0.504 e. The molecule has 2 N–H and O–H groups in total. The van der Waals surface area contributed by atoms with Crippen molar-refractivity contribution in [3.8, 4) is 11.5 Å². The molecule has 20 heavy (non-hydrogen) atoms. The Morgan fingerprint density at radius 2 is 1.90 bits per heavy atom. The van der Waals surface area contributed by atoms with Gasteiger partial charge in [0.05, 0.1) is 12.7 Å². The van der Waals surface area contributed by atoms with Crippen LogP contribution in [-0.2, 0) is 10.2 Å². The van der Waals surface area contributed by atoms with Gasteiger partial charge in [-0.2, -0.15) is 0 Å². The number of hydrogen-bond donors (Lipinski definition) is 2. The van der Waals surface area contributed by atoms with Crippen molar-refractivity contribution in [3.63, 3.8) is 0 Å². The number of rotatable bonds is 0. The van der Waals surface area contributed by atoms with Crippen LogP contribution in [0.25, 0.3) is 0 Å². The molecule has 2 bridgehead atoms. The van der Waals surface area contributed by atoms with Crippen molar-refractivity contribution in [1.29, 1.82) is 0 Å². The van der Waals surface area contributed by atoms with Gasteiger partial charge in [-0.3, -0.25) is 0 Å². The van der Waals surface area contributed by atoms with E-state index in [4.69, 9.17) is 4.74 Å². The summed E-state index contributed by atoms with van der Waals surface area (Å²) in [4.78, 5) is 0. The fourth-order valence-corrected chi connectivity index (χ4v) is 5.11. The van der Waals surface area contributed by atoms with E-state index >= 15 is 0 Å². The molecule has 2 aliphatic heterocycles. The number of ether oxygens (including phenoxy) is 1. The molecule has 4 aliphatic rings. The van der Waals surface area contributed by atoms with E-state index in [1.165, 1.54) is 18.4 Å². The second-order valence-corrected chi connectivity index (χ2v) is 7.51. The summed E-state index contributed by atoms with van der Waals surface area (Å²) in [5.74, 6) is 0.592. The molecule has 3 atom stereocenters. The van der Waals surface area contributed by atoms with Gasteiger partial charge in [-0.25, -0.2) is 0 Å². The topological polar surface area (TPSA) is 49.7 Å². The fourth-order valence-electron chi connectivity index (χ4n) is 5.11. The van der Waals surface area contributed by atoms with Crippen molar-refractivity contribution in [2.75, 3.05) is 6.61 Å². The van der Waals surface area contributed by atoms with E-state index in [0.717, 1.165) is 25.0 Å². The first-order chi connectivity index (χ1) is 9.44. The number of fused-ring (bicyclic) bond motifs is 1. The van der Waals surface area contributed by atoms with Crippen LogP contribution >= 0.6 is 0 Å². The molecule has 2 aliphatic carbocycles. The lowest BCUT2D eigenvalue weighted by Crippen LogP contribution is -2.56. The molecule has 3 nitrogen and oxygen atoms in total. The quantitative estimate of drug-likeness (QED) is 0.710. The van der Waals surface area contributed by atoms with Crippen LogP contribution < -0.4 is 0 Å². The molecule has 1 saturated carbocycles. The van der Waals surface area contributed by atoms with Crippen LogP contribution in [0.15, 0.2) is 12.1 Å². The molecule has 0 unspecified atom stereocenters. The zero-order chi connectivity index (χ0) is 14.1. The van der Waals surface area contributed by atoms with Gasteiger partial charge in [0.15, 0.2) is 11.5 Å². The third-order valence-electron chi connectivity index (χ3n) is 6.08. The Kier molecular flexibility index (Phi) is 2.32. The van der Waals surface area contributed by atoms with Crippen LogP contribution in [0.5, 0.6) is 11.5 Å². The summed E-state index contributed by atoms with van der Waals surface area (Å²) < 4.78 is 6.06. The molecular formula is C17H22O3. The van der Waals surface area contributed by atoms with E-state index in [1.54, 1.807) is 12.1 Å². The number of aromatic hydroxyl groups is 2. The third kappa shape index (κ3) is 1.39. The minimum atomic E-state index is -0.0251. The van der Waals surface area contributed by atoms with Gasteiger partial charge in [-0.15, -0.1) is 0 Å². The summed E-state index contributed by atoms with van der Waals surface area (Å²) in [7, 11) is 0. The van der Waals surface area contributed by atoms with Crippen molar-refractivity contribution in [2.24, 2.45) is 11.3 Å². The van der Waals surface area contributed by atoms with Gasteiger partial charge in [-0.05, 0) is 53.9 Å². The van der Waals surface area contributed by atoms with Crippen molar-refractivity contribution in [2.45, 2.75) is 51.0 Å². The first-order valence-electron chi connectivity index (χ1n) is 7.62. The predicted molar refractivity (Wildman–Crippen MR) is 75.9 cm³/mol. The van der Waals surface area contributed by atoms with Crippen molar-refractivity contribution >= 4 is 0 Å². The monoisotopic (exact) mass is 274 g/mol. The molecule has 1 aromatic rings. The lowest BCUT2D eigenvalue weighted by atomic mass is 9.48. The number of benzene rings is 1. The minimum Gasteiger partial charge on any atom is -0.504 e. The second kappa shape index (κ2) is 3.70. The normalized spacial score (nSPS) is 37.3. The molecule has 3 heteroatoms. The van der Waals surface area contributed by atoms with Crippen LogP contribution in [0.4, 0.5) is 0 Å². The second-order valence-electron chi connectivity index (χ2n) is 7.51. The van der Waals surface area contributed by atoms with Crippen molar-refractivity contribution in [1.82, 2.24) is 0 Å². The summed E-state index contributed by atoms with van der Waals surface area (Å²) in [6.07, 6.45) is 4.74. The highest BCUT2D eigenvalue weighted by molar-refractivity contribution is 5.52. The Balaban J connectivity index is 1.94. The molecule has 1 aromatic carbocycles. The average molecular weight is 274 g/mol. The third-order valence-corrected chi connectivity index (χ3v) is 6.08. The fraction of sp³-hybridized carbons (Fsp3) is 0.647. The first kappa shape index (κ1) is 12.5. The van der Waals surface area contributed by atoms with Crippen LogP contribution in [0.2, 0.25) is 0 Å². The summed E-state index contributed by atoms with van der Waals surface area (Å²) in [5, 5.41) is 19.7. The highest BCUT2D eigenvalue weighted by Crippen LogP contribution is 2.63. The first-order valence-corrected chi connectivity index (χ1v) is 7.62. The Labute approximate surface area is 119 Å². The molecular weight excluding hydrogens is 252 g/mol. The van der Waals surface area contributed by atoms with E-state index in [2.05, 4.69) is 13.8 Å². The van der Waals surface area contributed by atoms with E-state index < -0.39 is 0 Å². The van der Waals surface area contributed by atoms with Crippen molar-refractivity contribution in [3.05, 3.63) is 23.3 Å². The highest BCUT2D eigenvalue weighted by atomic mass is 16.5. The molecule has 2 fully saturated rings. The van der Waals surface area contributed by atoms with E-state index in [-0.39, 0.29) is 23.0 Å². The average Bonchev–Trinajstić information content (AvgIpc) is 2.40. The molecule has 108 valence electrons. The Morgan fingerprint density at radius 3 is 2.70 bits per heavy atom. The van der Waals surface area contributed by atoms with Crippen LogP contribution in [0, 0.1) is 11.3 Å². The van der Waals surface area contributed by atoms with Gasteiger partial charge in [0, 0.05) is 5.41 Å². The molecule has 2 heterocycles. The molecule has 0 aromatic heterocycles. The van der Waals surface area contributed by atoms with Gasteiger partial charge >= 0.3 is 0 Å². The van der Waals surface area contributed by atoms with E-state index in [9.17, 15) is 10.2 Å². The highest BCUT2D eigenvalue weighted by Gasteiger charge is 2.58. The lowest BCUT2D eigenvalue weighted by molar-refractivity contribution is -0.136. The Bertz CT molecular complexity index is 578. The maximum absolute atomic E-state index is 9.93. The molecule has 5 rings (SSSR count). The maximum Gasteiger partial charge on any atom is 0.157 e. The van der Waals surface area contributed by atoms with Gasteiger partial charge < -0.3 is 14.9 Å². The zero-order valence-corrected chi connectivity index (χ0v) is 12.1. The minimum absolute atomic E-state index is 0.00723. The number of phenols is 2. The smallest absolute Gasteiger partial charge is 0.157 e. The molecule has 0 amide bonds. The van der Waals surface area contributed by atoms with E-state index in [0.29, 0.717) is 11.3 Å². The number of phenolic OH excluding ortho intramolecular Hbond substituents is 2. The predicted octanol–water partition coefficient (Wildman–Crippen LogP) is 3.64. The summed E-state index contributed by atoms with van der Waals surface area (Å²) in [6, 6.07) is 3.52. The zero-order valence-electron chi connectivity index (χ0n) is 12.1. The molecule has 0 radical (unpaired) electrons. The number of hydrogen-bond acceptors (Lipinski definition) is 3.